The number of hydrogen-bond acceptors (Lipinski definition) is 6. The first-order valence-electron chi connectivity index (χ1n) is 6.85. The Bertz CT molecular complexity index is 392. The predicted octanol–water partition coefficient (Wildman–Crippen LogP) is 0.955. The lowest BCUT2D eigenvalue weighted by Gasteiger charge is -2.33. The van der Waals surface area contributed by atoms with Gasteiger partial charge in [0.2, 0.25) is 5.89 Å². The van der Waals surface area contributed by atoms with E-state index in [4.69, 9.17) is 9.26 Å². The highest BCUT2D eigenvalue weighted by Crippen LogP contribution is 2.13. The van der Waals surface area contributed by atoms with Crippen LogP contribution >= 0.6 is 0 Å². The molecule has 0 spiro atoms. The van der Waals surface area contributed by atoms with E-state index in [9.17, 15) is 0 Å². The van der Waals surface area contributed by atoms with Crippen LogP contribution in [0.2, 0.25) is 0 Å². The van der Waals surface area contributed by atoms with Crippen LogP contribution in [0.5, 0.6) is 0 Å². The molecule has 19 heavy (non-hydrogen) atoms. The van der Waals surface area contributed by atoms with Gasteiger partial charge in [-0.1, -0.05) is 19.0 Å². The Labute approximate surface area is 114 Å². The normalized spacial score (nSPS) is 21.5. The van der Waals surface area contributed by atoms with Crippen molar-refractivity contribution in [3.05, 3.63) is 11.7 Å². The zero-order valence-electron chi connectivity index (χ0n) is 12.3. The van der Waals surface area contributed by atoms with Gasteiger partial charge in [0.1, 0.15) is 0 Å². The summed E-state index contributed by atoms with van der Waals surface area (Å²) in [5.74, 6) is 1.77. The molecule has 0 aromatic carbocycles. The quantitative estimate of drug-likeness (QED) is 0.792. The molecule has 0 radical (unpaired) electrons. The van der Waals surface area contributed by atoms with Crippen molar-refractivity contribution in [3.63, 3.8) is 0 Å². The van der Waals surface area contributed by atoms with E-state index in [1.54, 1.807) is 0 Å². The van der Waals surface area contributed by atoms with Crippen molar-refractivity contribution in [1.82, 2.24) is 19.9 Å². The fourth-order valence-electron chi connectivity index (χ4n) is 2.21. The summed E-state index contributed by atoms with van der Waals surface area (Å²) < 4.78 is 11.0. The minimum atomic E-state index is 0.264. The number of hydrogen-bond donors (Lipinski definition) is 0. The SMILES string of the molecule is CC(C)c1nc(CN2CCO[C@@H](CN(C)C)C2)no1. The lowest BCUT2D eigenvalue weighted by Crippen LogP contribution is -2.46. The van der Waals surface area contributed by atoms with Crippen LogP contribution < -0.4 is 0 Å². The van der Waals surface area contributed by atoms with Gasteiger partial charge in [0, 0.05) is 25.6 Å². The molecule has 1 atom stereocenters. The Hall–Kier alpha value is -0.980. The van der Waals surface area contributed by atoms with Crippen molar-refractivity contribution >= 4 is 0 Å². The largest absolute Gasteiger partial charge is 0.374 e. The molecule has 0 amide bonds. The Morgan fingerprint density at radius 1 is 1.42 bits per heavy atom. The fraction of sp³-hybridized carbons (Fsp3) is 0.846. The second kappa shape index (κ2) is 6.45. The molecule has 2 rings (SSSR count). The van der Waals surface area contributed by atoms with Gasteiger partial charge < -0.3 is 14.2 Å². The van der Waals surface area contributed by atoms with Crippen molar-refractivity contribution < 1.29 is 9.26 Å². The molecule has 0 N–H and O–H groups in total. The number of morpholine rings is 1. The average Bonchev–Trinajstić information content (AvgIpc) is 2.77. The molecule has 1 aromatic rings. The third-order valence-corrected chi connectivity index (χ3v) is 3.13. The summed E-state index contributed by atoms with van der Waals surface area (Å²) in [6.07, 6.45) is 0.264. The Morgan fingerprint density at radius 2 is 2.21 bits per heavy atom. The van der Waals surface area contributed by atoms with Gasteiger partial charge in [0.05, 0.1) is 19.3 Å². The number of ether oxygens (including phenoxy) is 1. The zero-order chi connectivity index (χ0) is 13.8. The smallest absolute Gasteiger partial charge is 0.229 e. The molecular weight excluding hydrogens is 244 g/mol. The van der Waals surface area contributed by atoms with Gasteiger partial charge in [-0.25, -0.2) is 0 Å². The van der Waals surface area contributed by atoms with Crippen LogP contribution in [0.3, 0.4) is 0 Å². The van der Waals surface area contributed by atoms with E-state index in [0.29, 0.717) is 5.89 Å². The van der Waals surface area contributed by atoms with Crippen LogP contribution in [0, 0.1) is 0 Å². The van der Waals surface area contributed by atoms with Crippen LogP contribution in [0.25, 0.3) is 0 Å². The average molecular weight is 268 g/mol. The van der Waals surface area contributed by atoms with Gasteiger partial charge in [-0.15, -0.1) is 0 Å². The topological polar surface area (TPSA) is 54.6 Å². The first-order chi connectivity index (χ1) is 9.04. The summed E-state index contributed by atoms with van der Waals surface area (Å²) in [6, 6.07) is 0. The lowest BCUT2D eigenvalue weighted by atomic mass is 10.2. The number of rotatable bonds is 5. The molecule has 0 bridgehead atoms. The minimum Gasteiger partial charge on any atom is -0.374 e. The molecule has 1 saturated heterocycles. The van der Waals surface area contributed by atoms with Crippen LogP contribution in [-0.4, -0.2) is 66.4 Å². The van der Waals surface area contributed by atoms with Crippen molar-refractivity contribution in [3.8, 4) is 0 Å². The third kappa shape index (κ3) is 4.26. The number of nitrogens with zero attached hydrogens (tertiary/aromatic N) is 4. The molecule has 0 saturated carbocycles. The van der Waals surface area contributed by atoms with Crippen LogP contribution in [0.4, 0.5) is 0 Å². The van der Waals surface area contributed by atoms with Crippen LogP contribution in [0.1, 0.15) is 31.5 Å². The van der Waals surface area contributed by atoms with E-state index >= 15 is 0 Å². The van der Waals surface area contributed by atoms with Gasteiger partial charge in [0.15, 0.2) is 5.82 Å². The molecule has 1 aromatic heterocycles. The standard InChI is InChI=1S/C13H24N4O2/c1-10(2)13-14-12(15-19-13)9-17-5-6-18-11(8-17)7-16(3)4/h10-11H,5-9H2,1-4H3/t11-/m0/s1. The first kappa shape index (κ1) is 14.4. The van der Waals surface area contributed by atoms with E-state index in [1.165, 1.54) is 0 Å². The van der Waals surface area contributed by atoms with Gasteiger partial charge in [0.25, 0.3) is 0 Å². The van der Waals surface area contributed by atoms with Crippen LogP contribution in [-0.2, 0) is 11.3 Å². The van der Waals surface area contributed by atoms with E-state index < -0.39 is 0 Å². The summed E-state index contributed by atoms with van der Waals surface area (Å²) in [5, 5.41) is 4.04. The van der Waals surface area contributed by atoms with Gasteiger partial charge >= 0.3 is 0 Å². The molecule has 1 fully saturated rings. The van der Waals surface area contributed by atoms with Gasteiger partial charge in [-0.2, -0.15) is 4.98 Å². The molecule has 2 heterocycles. The highest BCUT2D eigenvalue weighted by Gasteiger charge is 2.22. The molecule has 108 valence electrons. The van der Waals surface area contributed by atoms with Crippen molar-refractivity contribution in [1.29, 1.82) is 0 Å². The molecule has 1 aliphatic rings. The summed E-state index contributed by atoms with van der Waals surface area (Å²) in [4.78, 5) is 8.90. The summed E-state index contributed by atoms with van der Waals surface area (Å²) in [6.45, 7) is 8.41. The summed E-state index contributed by atoms with van der Waals surface area (Å²) in [7, 11) is 4.13. The molecular formula is C13H24N4O2. The van der Waals surface area contributed by atoms with Crippen molar-refractivity contribution in [2.24, 2.45) is 0 Å². The van der Waals surface area contributed by atoms with E-state index in [0.717, 1.165) is 38.6 Å². The number of likely N-dealkylation sites (N-methyl/N-ethyl adjacent to an activating group) is 1. The Morgan fingerprint density at radius 3 is 2.84 bits per heavy atom. The predicted molar refractivity (Wildman–Crippen MR) is 72.0 cm³/mol. The Balaban J connectivity index is 1.87. The molecule has 1 aliphatic heterocycles. The van der Waals surface area contributed by atoms with Gasteiger partial charge in [-0.3, -0.25) is 4.90 Å². The summed E-state index contributed by atoms with van der Waals surface area (Å²) in [5.41, 5.74) is 0. The molecule has 0 unspecified atom stereocenters. The first-order valence-corrected chi connectivity index (χ1v) is 6.85. The van der Waals surface area contributed by atoms with Crippen molar-refractivity contribution in [2.45, 2.75) is 32.4 Å². The minimum absolute atomic E-state index is 0.264. The maximum Gasteiger partial charge on any atom is 0.229 e. The van der Waals surface area contributed by atoms with Crippen LogP contribution in [0.15, 0.2) is 4.52 Å². The van der Waals surface area contributed by atoms with Crippen molar-refractivity contribution in [2.75, 3.05) is 40.3 Å². The monoisotopic (exact) mass is 268 g/mol. The second-order valence-electron chi connectivity index (χ2n) is 5.69. The molecule has 6 nitrogen and oxygen atoms in total. The number of aromatic nitrogens is 2. The lowest BCUT2D eigenvalue weighted by molar-refractivity contribution is -0.0414. The maximum atomic E-state index is 5.75. The van der Waals surface area contributed by atoms with Gasteiger partial charge in [-0.05, 0) is 14.1 Å². The second-order valence-corrected chi connectivity index (χ2v) is 5.69. The van der Waals surface area contributed by atoms with E-state index in [1.807, 2.05) is 0 Å². The Kier molecular flexibility index (Phi) is 4.90. The van der Waals surface area contributed by atoms with E-state index in [-0.39, 0.29) is 12.0 Å². The maximum absolute atomic E-state index is 5.75. The van der Waals surface area contributed by atoms with E-state index in [2.05, 4.69) is 47.9 Å². The zero-order valence-corrected chi connectivity index (χ0v) is 12.3. The molecule has 6 heteroatoms. The third-order valence-electron chi connectivity index (χ3n) is 3.13. The highest BCUT2D eigenvalue weighted by molar-refractivity contribution is 4.91. The molecule has 0 aliphatic carbocycles. The highest BCUT2D eigenvalue weighted by atomic mass is 16.5. The summed E-state index contributed by atoms with van der Waals surface area (Å²) >= 11 is 0. The fourth-order valence-corrected chi connectivity index (χ4v) is 2.21.